The number of ether oxygens (including phenoxy) is 2. The molecule has 0 bridgehead atoms. The Morgan fingerprint density at radius 3 is 2.40 bits per heavy atom. The van der Waals surface area contributed by atoms with Crippen molar-refractivity contribution in [3.63, 3.8) is 0 Å². The van der Waals surface area contributed by atoms with Crippen LogP contribution in [0.4, 0.5) is 0 Å². The molecule has 2 rings (SSSR count). The van der Waals surface area contributed by atoms with E-state index in [1.807, 2.05) is 0 Å². The van der Waals surface area contributed by atoms with E-state index < -0.39 is 10.2 Å². The molecule has 0 atom stereocenters. The van der Waals surface area contributed by atoms with E-state index in [0.717, 1.165) is 25.7 Å². The molecule has 20 heavy (non-hydrogen) atoms. The minimum atomic E-state index is -3.31. The van der Waals surface area contributed by atoms with E-state index in [9.17, 15) is 8.42 Å². The maximum absolute atomic E-state index is 12.5. The van der Waals surface area contributed by atoms with Crippen LogP contribution in [0.15, 0.2) is 0 Å². The van der Waals surface area contributed by atoms with E-state index in [0.29, 0.717) is 26.3 Å². The second-order valence-corrected chi connectivity index (χ2v) is 7.61. The van der Waals surface area contributed by atoms with Crippen LogP contribution in [0, 0.1) is 0 Å². The van der Waals surface area contributed by atoms with Gasteiger partial charge in [0.1, 0.15) is 0 Å². The SMILES string of the molecule is COCCOC1CN(S(=O)(=O)N(C)C2CCCCC2)C1. The summed E-state index contributed by atoms with van der Waals surface area (Å²) in [5.41, 5.74) is 0. The van der Waals surface area contributed by atoms with Gasteiger partial charge in [0.2, 0.25) is 0 Å². The zero-order chi connectivity index (χ0) is 14.6. The van der Waals surface area contributed by atoms with Crippen molar-refractivity contribution in [1.82, 2.24) is 8.61 Å². The molecular formula is C13H26N2O4S. The first-order valence-corrected chi connectivity index (χ1v) is 8.79. The van der Waals surface area contributed by atoms with Crippen molar-refractivity contribution in [2.24, 2.45) is 0 Å². The molecule has 6 nitrogen and oxygen atoms in total. The highest BCUT2D eigenvalue weighted by atomic mass is 32.2. The fraction of sp³-hybridized carbons (Fsp3) is 1.00. The van der Waals surface area contributed by atoms with Crippen LogP contribution in [0.1, 0.15) is 32.1 Å². The highest BCUT2D eigenvalue weighted by Crippen LogP contribution is 2.27. The molecule has 0 unspecified atom stereocenters. The van der Waals surface area contributed by atoms with Crippen molar-refractivity contribution in [1.29, 1.82) is 0 Å². The molecule has 2 fully saturated rings. The molecule has 7 heteroatoms. The molecule has 0 aromatic heterocycles. The van der Waals surface area contributed by atoms with Crippen molar-refractivity contribution >= 4 is 10.2 Å². The maximum atomic E-state index is 12.5. The van der Waals surface area contributed by atoms with Gasteiger partial charge in [-0.15, -0.1) is 0 Å². The van der Waals surface area contributed by atoms with Crippen molar-refractivity contribution in [3.05, 3.63) is 0 Å². The lowest BCUT2D eigenvalue weighted by atomic mass is 9.96. The van der Waals surface area contributed by atoms with Crippen LogP contribution in [0.25, 0.3) is 0 Å². The fourth-order valence-corrected chi connectivity index (χ4v) is 4.47. The molecule has 0 N–H and O–H groups in total. The predicted octanol–water partition coefficient (Wildman–Crippen LogP) is 0.843. The Morgan fingerprint density at radius 2 is 1.80 bits per heavy atom. The Labute approximate surface area is 122 Å². The zero-order valence-electron chi connectivity index (χ0n) is 12.5. The summed E-state index contributed by atoms with van der Waals surface area (Å²) in [6, 6.07) is 0.169. The Kier molecular flexibility index (Phi) is 5.80. The first kappa shape index (κ1) is 16.2. The number of hydrogen-bond donors (Lipinski definition) is 0. The molecule has 2 aliphatic rings. The summed E-state index contributed by atoms with van der Waals surface area (Å²) in [6.45, 7) is 1.99. The van der Waals surface area contributed by atoms with Crippen molar-refractivity contribution in [2.45, 2.75) is 44.2 Å². The lowest BCUT2D eigenvalue weighted by Crippen LogP contribution is -2.59. The maximum Gasteiger partial charge on any atom is 0.282 e. The lowest BCUT2D eigenvalue weighted by molar-refractivity contribution is -0.0398. The summed E-state index contributed by atoms with van der Waals surface area (Å²) in [4.78, 5) is 0. The minimum Gasteiger partial charge on any atom is -0.382 e. The molecule has 1 aliphatic carbocycles. The topological polar surface area (TPSA) is 59.1 Å². The fourth-order valence-electron chi connectivity index (χ4n) is 2.81. The lowest BCUT2D eigenvalue weighted by Gasteiger charge is -2.42. The molecule has 1 aliphatic heterocycles. The van der Waals surface area contributed by atoms with E-state index in [1.165, 1.54) is 10.7 Å². The molecule has 1 saturated carbocycles. The molecule has 0 radical (unpaired) electrons. The third kappa shape index (κ3) is 3.71. The van der Waals surface area contributed by atoms with Gasteiger partial charge in [-0.25, -0.2) is 0 Å². The third-order valence-corrected chi connectivity index (χ3v) is 6.21. The quantitative estimate of drug-likeness (QED) is 0.654. The van der Waals surface area contributed by atoms with Gasteiger partial charge >= 0.3 is 0 Å². The van der Waals surface area contributed by atoms with E-state index in [4.69, 9.17) is 9.47 Å². The first-order valence-electron chi connectivity index (χ1n) is 7.39. The molecule has 1 heterocycles. The summed E-state index contributed by atoms with van der Waals surface area (Å²) in [6.07, 6.45) is 5.47. The minimum absolute atomic E-state index is 0.0136. The van der Waals surface area contributed by atoms with Crippen LogP contribution >= 0.6 is 0 Å². The predicted molar refractivity (Wildman–Crippen MR) is 76.7 cm³/mol. The Balaban J connectivity index is 1.79. The summed E-state index contributed by atoms with van der Waals surface area (Å²) in [5.74, 6) is 0. The zero-order valence-corrected chi connectivity index (χ0v) is 13.3. The van der Waals surface area contributed by atoms with Crippen LogP contribution in [0.5, 0.6) is 0 Å². The van der Waals surface area contributed by atoms with Crippen LogP contribution in [0.3, 0.4) is 0 Å². The molecule has 0 amide bonds. The van der Waals surface area contributed by atoms with E-state index in [-0.39, 0.29) is 12.1 Å². The van der Waals surface area contributed by atoms with E-state index in [2.05, 4.69) is 0 Å². The smallest absolute Gasteiger partial charge is 0.282 e. The molecule has 0 aromatic rings. The molecule has 118 valence electrons. The van der Waals surface area contributed by atoms with E-state index in [1.54, 1.807) is 18.5 Å². The van der Waals surface area contributed by atoms with E-state index >= 15 is 0 Å². The van der Waals surface area contributed by atoms with Crippen LogP contribution in [0.2, 0.25) is 0 Å². The highest BCUT2D eigenvalue weighted by Gasteiger charge is 2.40. The molecule has 1 saturated heterocycles. The van der Waals surface area contributed by atoms with Gasteiger partial charge in [0, 0.05) is 33.3 Å². The first-order chi connectivity index (χ1) is 9.55. The number of nitrogens with zero attached hydrogens (tertiary/aromatic N) is 2. The average molecular weight is 306 g/mol. The van der Waals surface area contributed by atoms with Crippen molar-refractivity contribution in [2.75, 3.05) is 40.5 Å². The van der Waals surface area contributed by atoms with Gasteiger partial charge in [-0.2, -0.15) is 17.0 Å². The second kappa shape index (κ2) is 7.17. The van der Waals surface area contributed by atoms with Gasteiger partial charge in [-0.3, -0.25) is 0 Å². The Hall–Kier alpha value is -0.210. The average Bonchev–Trinajstić information content (AvgIpc) is 2.41. The summed E-state index contributed by atoms with van der Waals surface area (Å²) in [5, 5.41) is 0. The van der Waals surface area contributed by atoms with Gasteiger partial charge < -0.3 is 9.47 Å². The number of methoxy groups -OCH3 is 1. The standard InChI is InChI=1S/C13H26N2O4S/c1-14(12-6-4-3-5-7-12)20(16,17)15-10-13(11-15)19-9-8-18-2/h12-13H,3-11H2,1-2H3. The van der Waals surface area contributed by atoms with Gasteiger partial charge in [0.25, 0.3) is 10.2 Å². The number of hydrogen-bond acceptors (Lipinski definition) is 4. The monoisotopic (exact) mass is 306 g/mol. The Bertz CT molecular complexity index is 389. The Morgan fingerprint density at radius 1 is 1.15 bits per heavy atom. The van der Waals surface area contributed by atoms with Gasteiger partial charge in [0.05, 0.1) is 19.3 Å². The van der Waals surface area contributed by atoms with Gasteiger partial charge in [-0.1, -0.05) is 19.3 Å². The van der Waals surface area contributed by atoms with Gasteiger partial charge in [-0.05, 0) is 12.8 Å². The largest absolute Gasteiger partial charge is 0.382 e. The molecule has 0 spiro atoms. The molecule has 0 aromatic carbocycles. The normalized spacial score (nSPS) is 23.1. The molecular weight excluding hydrogens is 280 g/mol. The van der Waals surface area contributed by atoms with Crippen molar-refractivity contribution in [3.8, 4) is 0 Å². The second-order valence-electron chi connectivity index (χ2n) is 5.62. The highest BCUT2D eigenvalue weighted by molar-refractivity contribution is 7.86. The van der Waals surface area contributed by atoms with Crippen LogP contribution in [-0.4, -0.2) is 69.6 Å². The third-order valence-electron chi connectivity index (χ3n) is 4.23. The van der Waals surface area contributed by atoms with Gasteiger partial charge in [0.15, 0.2) is 0 Å². The summed E-state index contributed by atoms with van der Waals surface area (Å²) in [7, 11) is 0.0278. The van der Waals surface area contributed by atoms with Crippen molar-refractivity contribution < 1.29 is 17.9 Å². The van der Waals surface area contributed by atoms with Crippen LogP contribution in [-0.2, 0) is 19.7 Å². The van der Waals surface area contributed by atoms with Crippen LogP contribution < -0.4 is 0 Å². The summed E-state index contributed by atoms with van der Waals surface area (Å²) < 4.78 is 38.4. The summed E-state index contributed by atoms with van der Waals surface area (Å²) >= 11 is 0. The number of rotatable bonds is 7.